The maximum absolute atomic E-state index is 13.5. The predicted molar refractivity (Wildman–Crippen MR) is 123 cm³/mol. The molecule has 0 radical (unpaired) electrons. The second kappa shape index (κ2) is 8.64. The van der Waals surface area contributed by atoms with Crippen LogP contribution in [0.4, 0.5) is 0 Å². The minimum absolute atomic E-state index is 0.0279. The van der Waals surface area contributed by atoms with Crippen molar-refractivity contribution in [1.82, 2.24) is 20.5 Å². The zero-order valence-electron chi connectivity index (χ0n) is 18.3. The molecule has 1 saturated carbocycles. The van der Waals surface area contributed by atoms with E-state index in [1.54, 1.807) is 17.0 Å². The van der Waals surface area contributed by atoms with Crippen molar-refractivity contribution in [2.24, 2.45) is 11.3 Å². The molecule has 4 atom stereocenters. The Morgan fingerprint density at radius 2 is 2.24 bits per heavy atom. The van der Waals surface area contributed by atoms with Crippen LogP contribution in [0.5, 0.6) is 0 Å². The van der Waals surface area contributed by atoms with E-state index in [0.717, 1.165) is 30.2 Å². The molecule has 5 rings (SSSR count). The van der Waals surface area contributed by atoms with Gasteiger partial charge in [0.1, 0.15) is 11.9 Å². The number of nitrogens with one attached hydrogen (secondary N) is 3. The third kappa shape index (κ3) is 4.10. The van der Waals surface area contributed by atoms with Crippen molar-refractivity contribution in [3.05, 3.63) is 35.0 Å². The molecular formula is C24H28ClN5O3. The fraction of sp³-hybridized carbons (Fsp3) is 0.542. The molecule has 2 aromatic rings. The Bertz CT molecular complexity index is 1120. The summed E-state index contributed by atoms with van der Waals surface area (Å²) in [7, 11) is 0. The Morgan fingerprint density at radius 3 is 2.88 bits per heavy atom. The van der Waals surface area contributed by atoms with E-state index in [0.29, 0.717) is 43.1 Å². The highest BCUT2D eigenvalue weighted by Crippen LogP contribution is 2.51. The summed E-state index contributed by atoms with van der Waals surface area (Å²) in [5.74, 6) is -0.458. The molecule has 3 heterocycles. The van der Waals surface area contributed by atoms with Crippen LogP contribution in [-0.2, 0) is 4.79 Å². The van der Waals surface area contributed by atoms with E-state index in [-0.39, 0.29) is 23.1 Å². The lowest BCUT2D eigenvalue weighted by Crippen LogP contribution is -2.52. The highest BCUT2D eigenvalue weighted by Gasteiger charge is 2.51. The minimum atomic E-state index is -1.06. The molecule has 2 aliphatic heterocycles. The lowest BCUT2D eigenvalue weighted by atomic mass is 9.67. The van der Waals surface area contributed by atoms with Gasteiger partial charge in [-0.05, 0) is 49.7 Å². The molecule has 3 aliphatic rings. The smallest absolute Gasteiger partial charge is 0.270 e. The number of halogens is 1. The molecular weight excluding hydrogens is 442 g/mol. The normalized spacial score (nSPS) is 25.6. The van der Waals surface area contributed by atoms with E-state index in [9.17, 15) is 20.0 Å². The van der Waals surface area contributed by atoms with Crippen LogP contribution in [0, 0.1) is 22.7 Å². The van der Waals surface area contributed by atoms with Gasteiger partial charge in [-0.1, -0.05) is 30.2 Å². The predicted octanol–water partition coefficient (Wildman–Crippen LogP) is 2.53. The third-order valence-electron chi connectivity index (χ3n) is 7.63. The van der Waals surface area contributed by atoms with Crippen LogP contribution in [0.2, 0.25) is 5.02 Å². The topological polar surface area (TPSA) is 121 Å². The first-order valence-corrected chi connectivity index (χ1v) is 12.0. The van der Waals surface area contributed by atoms with Gasteiger partial charge in [-0.2, -0.15) is 5.26 Å². The van der Waals surface area contributed by atoms with Crippen LogP contribution >= 0.6 is 11.6 Å². The van der Waals surface area contributed by atoms with E-state index in [2.05, 4.69) is 21.7 Å². The van der Waals surface area contributed by atoms with Crippen LogP contribution in [0.25, 0.3) is 10.9 Å². The van der Waals surface area contributed by atoms with Gasteiger partial charge in [-0.15, -0.1) is 0 Å². The zero-order chi connectivity index (χ0) is 23.2. The Morgan fingerprint density at radius 1 is 1.42 bits per heavy atom. The van der Waals surface area contributed by atoms with Crippen molar-refractivity contribution in [2.45, 2.75) is 56.8 Å². The summed E-state index contributed by atoms with van der Waals surface area (Å²) >= 11 is 6.28. The summed E-state index contributed by atoms with van der Waals surface area (Å²) < 4.78 is 0. The number of aromatic nitrogens is 1. The number of rotatable bonds is 6. The molecule has 2 amide bonds. The maximum atomic E-state index is 13.5. The van der Waals surface area contributed by atoms with Gasteiger partial charge in [0.25, 0.3) is 5.91 Å². The standard InChI is InChI=1S/C24H28ClN5O3/c25-17-4-1-3-14-10-18(29-20(14)17)23(33)30-13-24(6-2-7-24)11-19(30)22(32)28-16(12-26)9-15-5-8-27-21(15)31/h1,3-4,10,15-16,19,22,28-29,32H,2,5-9,11,13H2,(H,27,31). The van der Waals surface area contributed by atoms with Gasteiger partial charge in [0.2, 0.25) is 5.91 Å². The number of aliphatic hydroxyl groups is 1. The average Bonchev–Trinajstić information content (AvgIpc) is 3.49. The number of fused-ring (bicyclic) bond motifs is 1. The number of H-pyrrole nitrogens is 1. The number of aromatic amines is 1. The quantitative estimate of drug-likeness (QED) is 0.484. The zero-order valence-corrected chi connectivity index (χ0v) is 19.1. The molecule has 4 N–H and O–H groups in total. The highest BCUT2D eigenvalue weighted by molar-refractivity contribution is 6.35. The van der Waals surface area contributed by atoms with Gasteiger partial charge in [0, 0.05) is 24.4 Å². The molecule has 9 heteroatoms. The molecule has 3 fully saturated rings. The van der Waals surface area contributed by atoms with E-state index >= 15 is 0 Å². The molecule has 0 bridgehead atoms. The molecule has 1 aromatic heterocycles. The monoisotopic (exact) mass is 469 g/mol. The average molecular weight is 470 g/mol. The number of amides is 2. The van der Waals surface area contributed by atoms with Crippen LogP contribution in [0.1, 0.15) is 49.0 Å². The highest BCUT2D eigenvalue weighted by atomic mass is 35.5. The maximum Gasteiger partial charge on any atom is 0.270 e. The molecule has 33 heavy (non-hydrogen) atoms. The molecule has 1 aromatic carbocycles. The molecule has 1 aliphatic carbocycles. The summed E-state index contributed by atoms with van der Waals surface area (Å²) in [6, 6.07) is 8.37. The van der Waals surface area contributed by atoms with Crippen LogP contribution in [-0.4, -0.2) is 58.2 Å². The Hall–Kier alpha value is -2.60. The number of hydrogen-bond donors (Lipinski definition) is 4. The van der Waals surface area contributed by atoms with Gasteiger partial charge in [0.15, 0.2) is 0 Å². The number of hydrogen-bond acceptors (Lipinski definition) is 5. The molecule has 1 spiro atoms. The van der Waals surface area contributed by atoms with E-state index in [4.69, 9.17) is 11.6 Å². The number of benzene rings is 1. The number of nitrogens with zero attached hydrogens (tertiary/aromatic N) is 2. The van der Waals surface area contributed by atoms with Gasteiger partial charge in [-0.3, -0.25) is 14.9 Å². The number of carbonyl (C=O) groups excluding carboxylic acids is 2. The van der Waals surface area contributed by atoms with Crippen molar-refractivity contribution in [3.8, 4) is 6.07 Å². The largest absolute Gasteiger partial charge is 0.376 e. The molecule has 174 valence electrons. The van der Waals surface area contributed by atoms with Crippen molar-refractivity contribution in [3.63, 3.8) is 0 Å². The third-order valence-corrected chi connectivity index (χ3v) is 7.95. The van der Waals surface area contributed by atoms with Gasteiger partial charge in [-0.25, -0.2) is 0 Å². The lowest BCUT2D eigenvalue weighted by molar-refractivity contribution is -0.122. The fourth-order valence-corrected chi connectivity index (χ4v) is 5.89. The number of nitriles is 1. The first kappa shape index (κ1) is 22.2. The lowest BCUT2D eigenvalue weighted by Gasteiger charge is -2.37. The number of likely N-dealkylation sites (tertiary alicyclic amines) is 1. The van der Waals surface area contributed by atoms with Crippen molar-refractivity contribution in [2.75, 3.05) is 13.1 Å². The summed E-state index contributed by atoms with van der Waals surface area (Å²) in [5.41, 5.74) is 1.18. The van der Waals surface area contributed by atoms with Crippen LogP contribution in [0.15, 0.2) is 24.3 Å². The summed E-state index contributed by atoms with van der Waals surface area (Å²) in [5, 5.41) is 27.9. The number of aliphatic hydroxyl groups excluding tert-OH is 1. The Labute approximate surface area is 197 Å². The second-order valence-corrected chi connectivity index (χ2v) is 10.2. The van der Waals surface area contributed by atoms with Gasteiger partial charge >= 0.3 is 0 Å². The van der Waals surface area contributed by atoms with Crippen molar-refractivity contribution in [1.29, 1.82) is 5.26 Å². The molecule has 2 saturated heterocycles. The summed E-state index contributed by atoms with van der Waals surface area (Å²) in [6.45, 7) is 1.20. The Kier molecular flexibility index (Phi) is 5.81. The van der Waals surface area contributed by atoms with Crippen molar-refractivity contribution >= 4 is 34.3 Å². The fourth-order valence-electron chi connectivity index (χ4n) is 5.66. The van der Waals surface area contributed by atoms with Gasteiger partial charge in [0.05, 0.1) is 28.7 Å². The minimum Gasteiger partial charge on any atom is -0.376 e. The van der Waals surface area contributed by atoms with E-state index in [1.807, 2.05) is 12.1 Å². The van der Waals surface area contributed by atoms with Crippen LogP contribution in [0.3, 0.4) is 0 Å². The molecule has 8 nitrogen and oxygen atoms in total. The first-order chi connectivity index (χ1) is 15.9. The Balaban J connectivity index is 1.35. The SMILES string of the molecule is N#CC(CC1CCNC1=O)NC(O)C1CC2(CCC2)CN1C(=O)c1cc2cccc(Cl)c2[nH]1. The van der Waals surface area contributed by atoms with E-state index < -0.39 is 18.3 Å². The first-order valence-electron chi connectivity index (χ1n) is 11.6. The second-order valence-electron chi connectivity index (χ2n) is 9.75. The van der Waals surface area contributed by atoms with E-state index in [1.165, 1.54) is 0 Å². The van der Waals surface area contributed by atoms with Gasteiger partial charge < -0.3 is 20.3 Å². The summed E-state index contributed by atoms with van der Waals surface area (Å²) in [4.78, 5) is 30.3. The van der Waals surface area contributed by atoms with Crippen molar-refractivity contribution < 1.29 is 14.7 Å². The molecule has 4 unspecified atom stereocenters. The van der Waals surface area contributed by atoms with Crippen LogP contribution < -0.4 is 10.6 Å². The number of para-hydroxylation sites is 1. The summed E-state index contributed by atoms with van der Waals surface area (Å²) in [6.07, 6.45) is 3.84. The number of carbonyl (C=O) groups is 2.